The van der Waals surface area contributed by atoms with Gasteiger partial charge in [-0.25, -0.2) is 0 Å². The van der Waals surface area contributed by atoms with Crippen LogP contribution < -0.4 is 0 Å². The molecule has 0 aromatic rings. The molecule has 0 fully saturated rings. The van der Waals surface area contributed by atoms with Crippen molar-refractivity contribution in [2.75, 3.05) is 0 Å². The van der Waals surface area contributed by atoms with Crippen molar-refractivity contribution in [1.29, 1.82) is 0 Å². The van der Waals surface area contributed by atoms with Crippen LogP contribution in [0.2, 0.25) is 0 Å². The molecule has 0 atom stereocenters. The molecule has 2 heteroatoms. The number of allylic oxidation sites excluding steroid dienone is 4. The van der Waals surface area contributed by atoms with E-state index in [9.17, 15) is 4.79 Å². The normalized spacial score (nSPS) is 18.9. The van der Waals surface area contributed by atoms with E-state index in [0.29, 0.717) is 6.42 Å². The summed E-state index contributed by atoms with van der Waals surface area (Å²) in [5.41, 5.74) is 1.96. The van der Waals surface area contributed by atoms with Crippen LogP contribution in [0.15, 0.2) is 21.7 Å². The molecule has 0 aromatic carbocycles. The van der Waals surface area contributed by atoms with Crippen LogP contribution >= 0.6 is 0 Å². The van der Waals surface area contributed by atoms with Gasteiger partial charge in [-0.15, -0.1) is 0 Å². The van der Waals surface area contributed by atoms with Crippen LogP contribution in [0.25, 0.3) is 0 Å². The molecule has 1 rings (SSSR count). The zero-order valence-electron chi connectivity index (χ0n) is 10.7. The van der Waals surface area contributed by atoms with Crippen molar-refractivity contribution in [1.82, 2.24) is 0 Å². The molecule has 1 nitrogen and oxygen atoms in total. The number of carbonyl (C=O) groups is 1. The Balaban J connectivity index is 2.77. The Morgan fingerprint density at radius 1 is 1.38 bits per heavy atom. The van der Waals surface area contributed by atoms with Gasteiger partial charge in [-0.3, -0.25) is 0 Å². The van der Waals surface area contributed by atoms with Crippen LogP contribution in [0.3, 0.4) is 0 Å². The third kappa shape index (κ3) is 2.87. The maximum absolute atomic E-state index is 12.1. The molecule has 0 saturated carbocycles. The third-order valence-corrected chi connectivity index (χ3v) is 4.01. The van der Waals surface area contributed by atoms with E-state index in [1.807, 2.05) is 6.92 Å². The predicted molar refractivity (Wildman–Crippen MR) is 63.7 cm³/mol. The number of ketones is 1. The molecule has 0 N–H and O–H groups in total. The fraction of sp³-hybridized carbons (Fsp3) is 0.643. The molecule has 16 heavy (non-hydrogen) atoms. The summed E-state index contributed by atoms with van der Waals surface area (Å²) in [5, 5.41) is 0. The summed E-state index contributed by atoms with van der Waals surface area (Å²) in [6.45, 7) is 8.41. The number of rotatable bonds is 5. The van der Waals surface area contributed by atoms with Crippen molar-refractivity contribution in [3.63, 3.8) is 0 Å². The number of carbonyl (C=O) groups excluding carboxylic acids is 1. The van der Waals surface area contributed by atoms with Crippen molar-refractivity contribution in [2.45, 2.75) is 53.4 Å². The molecule has 0 spiro atoms. The van der Waals surface area contributed by atoms with Gasteiger partial charge in [-0.1, -0.05) is 0 Å². The molecule has 0 aromatic heterocycles. The summed E-state index contributed by atoms with van der Waals surface area (Å²) in [4.78, 5) is 12.1. The zero-order chi connectivity index (χ0) is 12.3. The Morgan fingerprint density at radius 2 is 2.00 bits per heavy atom. The van der Waals surface area contributed by atoms with E-state index >= 15 is 0 Å². The second-order valence-corrected chi connectivity index (χ2v) is 5.66. The van der Waals surface area contributed by atoms with Crippen molar-refractivity contribution in [3.05, 3.63) is 21.7 Å². The second kappa shape index (κ2) is 5.33. The number of unbranched alkanes of at least 4 members (excludes halogenated alkanes) is 2. The van der Waals surface area contributed by atoms with Gasteiger partial charge in [0.15, 0.2) is 0 Å². The molecule has 0 aliphatic heterocycles. The minimum atomic E-state index is -0.0418. The fourth-order valence-electron chi connectivity index (χ4n) is 2.16. The summed E-state index contributed by atoms with van der Waals surface area (Å²) in [5.74, 6) is 0.276. The van der Waals surface area contributed by atoms with E-state index in [1.54, 1.807) is 0 Å². The van der Waals surface area contributed by atoms with Gasteiger partial charge < -0.3 is 0 Å². The Labute approximate surface area is 107 Å². The van der Waals surface area contributed by atoms with E-state index in [0.717, 1.165) is 34.9 Å². The summed E-state index contributed by atoms with van der Waals surface area (Å²) in [6, 6.07) is 0. The predicted octanol–water partition coefficient (Wildman–Crippen LogP) is 3.92. The van der Waals surface area contributed by atoms with E-state index in [4.69, 9.17) is 0 Å². The maximum atomic E-state index is 12.1. The van der Waals surface area contributed by atoms with Gasteiger partial charge in [0.05, 0.1) is 0 Å². The second-order valence-electron chi connectivity index (χ2n) is 5.11. The van der Waals surface area contributed by atoms with Crippen LogP contribution in [-0.4, -0.2) is 5.78 Å². The average Bonchev–Trinajstić information content (AvgIpc) is 2.36. The van der Waals surface area contributed by atoms with Gasteiger partial charge in [-0.05, 0) is 0 Å². The van der Waals surface area contributed by atoms with E-state index in [1.165, 1.54) is 0 Å². The monoisotopic (exact) mass is 261 g/mol. The first kappa shape index (κ1) is 13.7. The van der Waals surface area contributed by atoms with Crippen molar-refractivity contribution in [2.24, 2.45) is 5.41 Å². The zero-order valence-corrected chi connectivity index (χ0v) is 11.8. The molecule has 1 aliphatic carbocycles. The molecule has 91 valence electrons. The first-order valence-electron chi connectivity index (χ1n) is 6.02. The summed E-state index contributed by atoms with van der Waals surface area (Å²) in [6.07, 6.45) is 6.12. The van der Waals surface area contributed by atoms with Gasteiger partial charge in [-0.2, -0.15) is 0 Å². The van der Waals surface area contributed by atoms with Gasteiger partial charge in [0.2, 0.25) is 0 Å². The molecular formula is C14H21FeO. The Morgan fingerprint density at radius 3 is 2.44 bits per heavy atom. The Hall–Kier alpha value is -0.331. The van der Waals surface area contributed by atoms with Gasteiger partial charge in [0.25, 0.3) is 0 Å². The molecular weight excluding hydrogens is 240 g/mol. The molecule has 1 aliphatic rings. The van der Waals surface area contributed by atoms with Crippen LogP contribution in [-0.2, 0) is 20.8 Å². The summed E-state index contributed by atoms with van der Waals surface area (Å²) >= 11 is 4.08. The Bertz CT molecular complexity index is 348. The van der Waals surface area contributed by atoms with Crippen molar-refractivity contribution < 1.29 is 20.8 Å². The fourth-order valence-corrected chi connectivity index (χ4v) is 2.62. The minimum absolute atomic E-state index is 0.0418. The SMILES string of the molecule is CCCCCC(=O)C1=[C]([Fe])C(C)(C)C=C1C. The standard InChI is InChI=1S/C14H21O.Fe/c1-5-6-7-8-13(15)12-10-14(3,4)9-11(12)2;/h9H,5-8H2,1-4H3;. The quantitative estimate of drug-likeness (QED) is 0.541. The Kier molecular flexibility index (Phi) is 4.58. The van der Waals surface area contributed by atoms with Crippen LogP contribution in [0, 0.1) is 5.41 Å². The molecule has 0 amide bonds. The van der Waals surface area contributed by atoms with Crippen molar-refractivity contribution >= 4 is 5.78 Å². The molecule has 0 radical (unpaired) electrons. The number of Topliss-reactive ketones (excluding diaryl/α,β-unsaturated/α-hetero) is 1. The topological polar surface area (TPSA) is 17.1 Å². The van der Waals surface area contributed by atoms with Crippen LogP contribution in [0.1, 0.15) is 53.4 Å². The molecule has 0 heterocycles. The molecule has 0 saturated heterocycles. The van der Waals surface area contributed by atoms with E-state index in [2.05, 4.69) is 42.9 Å². The number of hydrogen-bond acceptors (Lipinski definition) is 1. The van der Waals surface area contributed by atoms with E-state index < -0.39 is 0 Å². The average molecular weight is 261 g/mol. The van der Waals surface area contributed by atoms with Crippen LogP contribution in [0.5, 0.6) is 0 Å². The third-order valence-electron chi connectivity index (χ3n) is 3.02. The number of hydrogen-bond donors (Lipinski definition) is 0. The first-order valence-corrected chi connectivity index (χ1v) is 6.57. The van der Waals surface area contributed by atoms with E-state index in [-0.39, 0.29) is 11.2 Å². The van der Waals surface area contributed by atoms with Gasteiger partial charge >= 0.3 is 107 Å². The van der Waals surface area contributed by atoms with Gasteiger partial charge in [0.1, 0.15) is 0 Å². The summed E-state index contributed by atoms with van der Waals surface area (Å²) in [7, 11) is 0. The molecule has 0 bridgehead atoms. The first-order chi connectivity index (χ1) is 7.40. The van der Waals surface area contributed by atoms with Gasteiger partial charge in [0, 0.05) is 0 Å². The molecule has 0 unspecified atom stereocenters. The van der Waals surface area contributed by atoms with Crippen molar-refractivity contribution in [3.8, 4) is 0 Å². The van der Waals surface area contributed by atoms with Crippen LogP contribution in [0.4, 0.5) is 0 Å². The summed E-state index contributed by atoms with van der Waals surface area (Å²) < 4.78 is 0.992.